The molecule has 16 heavy (non-hydrogen) atoms. The first-order valence-corrected chi connectivity index (χ1v) is 5.57. The van der Waals surface area contributed by atoms with Crippen LogP contribution in [0, 0.1) is 0 Å². The van der Waals surface area contributed by atoms with Gasteiger partial charge in [0.05, 0.1) is 0 Å². The summed E-state index contributed by atoms with van der Waals surface area (Å²) in [5.41, 5.74) is 6.83. The van der Waals surface area contributed by atoms with Crippen molar-refractivity contribution in [1.82, 2.24) is 4.98 Å². The molecule has 0 bridgehead atoms. The fraction of sp³-hybridized carbons (Fsp3) is 0.615. The summed E-state index contributed by atoms with van der Waals surface area (Å²) in [5, 5.41) is 0. The predicted octanol–water partition coefficient (Wildman–Crippen LogP) is 2.50. The lowest BCUT2D eigenvalue weighted by Gasteiger charge is -2.20. The van der Waals surface area contributed by atoms with Gasteiger partial charge in [-0.3, -0.25) is 0 Å². The van der Waals surface area contributed by atoms with Crippen molar-refractivity contribution in [2.24, 2.45) is 5.73 Å². The van der Waals surface area contributed by atoms with Crippen LogP contribution in [0.4, 0.5) is 0 Å². The summed E-state index contributed by atoms with van der Waals surface area (Å²) in [5.74, 6) is 0.631. The summed E-state index contributed by atoms with van der Waals surface area (Å²) >= 11 is 0. The molecule has 2 N–H and O–H groups in total. The van der Waals surface area contributed by atoms with Crippen molar-refractivity contribution >= 4 is 0 Å². The molecule has 0 radical (unpaired) electrons. The van der Waals surface area contributed by atoms with Crippen LogP contribution in [-0.4, -0.2) is 17.1 Å². The van der Waals surface area contributed by atoms with E-state index in [1.54, 1.807) is 0 Å². The van der Waals surface area contributed by atoms with Crippen LogP contribution in [0.25, 0.3) is 0 Å². The van der Waals surface area contributed by atoms with Gasteiger partial charge >= 0.3 is 0 Å². The molecule has 90 valence electrons. The Morgan fingerprint density at radius 2 is 1.81 bits per heavy atom. The molecule has 0 saturated carbocycles. The van der Waals surface area contributed by atoms with E-state index in [9.17, 15) is 0 Å². The second kappa shape index (κ2) is 4.42. The van der Waals surface area contributed by atoms with E-state index in [1.165, 1.54) is 5.56 Å². The average molecular weight is 222 g/mol. The molecular formula is C13H22N2O. The van der Waals surface area contributed by atoms with Gasteiger partial charge in [-0.25, -0.2) is 4.98 Å². The minimum Gasteiger partial charge on any atom is -0.476 e. The van der Waals surface area contributed by atoms with Gasteiger partial charge in [0.15, 0.2) is 0 Å². The maximum atomic E-state index is 5.83. The first kappa shape index (κ1) is 13.0. The van der Waals surface area contributed by atoms with E-state index in [4.69, 9.17) is 10.5 Å². The van der Waals surface area contributed by atoms with Gasteiger partial charge in [-0.1, -0.05) is 26.8 Å². The third-order valence-corrected chi connectivity index (χ3v) is 2.19. The molecule has 0 atom stereocenters. The number of aromatic nitrogens is 1. The van der Waals surface area contributed by atoms with Crippen molar-refractivity contribution in [3.05, 3.63) is 23.9 Å². The topological polar surface area (TPSA) is 48.1 Å². The molecule has 0 spiro atoms. The molecule has 1 heterocycles. The highest BCUT2D eigenvalue weighted by molar-refractivity contribution is 5.23. The number of nitrogens with zero attached hydrogens (tertiary/aromatic N) is 1. The first-order valence-electron chi connectivity index (χ1n) is 5.57. The molecule has 0 amide bonds. The molecule has 0 fully saturated rings. The number of ether oxygens (including phenoxy) is 1. The van der Waals surface area contributed by atoms with Crippen molar-refractivity contribution in [2.75, 3.05) is 6.61 Å². The second-order valence-corrected chi connectivity index (χ2v) is 5.91. The van der Waals surface area contributed by atoms with Crippen molar-refractivity contribution < 1.29 is 4.74 Å². The molecule has 0 aliphatic heterocycles. The summed E-state index contributed by atoms with van der Waals surface area (Å²) in [6, 6.07) is 3.94. The Bertz CT molecular complexity index is 330. The molecule has 0 aliphatic rings. The van der Waals surface area contributed by atoms with Crippen LogP contribution in [0.1, 0.15) is 40.2 Å². The first-order chi connectivity index (χ1) is 7.18. The molecule has 1 rings (SSSR count). The zero-order valence-electron chi connectivity index (χ0n) is 10.9. The van der Waals surface area contributed by atoms with Crippen LogP contribution < -0.4 is 10.5 Å². The monoisotopic (exact) mass is 222 g/mol. The highest BCUT2D eigenvalue weighted by Gasteiger charge is 2.15. The second-order valence-electron chi connectivity index (χ2n) is 5.91. The molecule has 0 aromatic carbocycles. The van der Waals surface area contributed by atoms with Crippen LogP contribution in [0.2, 0.25) is 0 Å². The van der Waals surface area contributed by atoms with Gasteiger partial charge in [0.2, 0.25) is 5.88 Å². The fourth-order valence-electron chi connectivity index (χ4n) is 1.17. The number of pyridine rings is 1. The third kappa shape index (κ3) is 4.19. The number of rotatable bonds is 3. The minimum absolute atomic E-state index is 0.124. The van der Waals surface area contributed by atoms with E-state index in [0.717, 1.165) is 0 Å². The van der Waals surface area contributed by atoms with Gasteiger partial charge in [0.1, 0.15) is 6.61 Å². The zero-order chi connectivity index (χ0) is 12.4. The van der Waals surface area contributed by atoms with Crippen molar-refractivity contribution in [1.29, 1.82) is 0 Å². The molecule has 1 aromatic heterocycles. The fourth-order valence-corrected chi connectivity index (χ4v) is 1.17. The number of hydrogen-bond acceptors (Lipinski definition) is 3. The van der Waals surface area contributed by atoms with Crippen LogP contribution in [0.5, 0.6) is 5.88 Å². The summed E-state index contributed by atoms with van der Waals surface area (Å²) in [6.07, 6.45) is 1.86. The van der Waals surface area contributed by atoms with Crippen molar-refractivity contribution in [3.8, 4) is 5.88 Å². The maximum absolute atomic E-state index is 5.83. The van der Waals surface area contributed by atoms with Crippen LogP contribution in [-0.2, 0) is 5.41 Å². The Labute approximate surface area is 98.0 Å². The van der Waals surface area contributed by atoms with Gasteiger partial charge in [0.25, 0.3) is 0 Å². The smallest absolute Gasteiger partial charge is 0.213 e. The van der Waals surface area contributed by atoms with E-state index in [2.05, 4.69) is 25.8 Å². The predicted molar refractivity (Wildman–Crippen MR) is 66.7 cm³/mol. The van der Waals surface area contributed by atoms with E-state index >= 15 is 0 Å². The Kier molecular flexibility index (Phi) is 3.58. The quantitative estimate of drug-likeness (QED) is 0.854. The van der Waals surface area contributed by atoms with Gasteiger partial charge < -0.3 is 10.5 Å². The van der Waals surface area contributed by atoms with Gasteiger partial charge in [-0.15, -0.1) is 0 Å². The van der Waals surface area contributed by atoms with Crippen molar-refractivity contribution in [2.45, 2.75) is 45.6 Å². The molecule has 0 saturated heterocycles. The summed E-state index contributed by atoms with van der Waals surface area (Å²) in [6.45, 7) is 10.8. The van der Waals surface area contributed by atoms with E-state index in [1.807, 2.05) is 32.2 Å². The minimum atomic E-state index is -0.329. The SMILES string of the molecule is CC(C)(N)COc1ccc(C(C)(C)C)cn1. The standard InChI is InChI=1S/C13H22N2O/c1-12(2,3)10-6-7-11(15-8-10)16-9-13(4,5)14/h6-8H,9,14H2,1-5H3. The van der Waals surface area contributed by atoms with Crippen LogP contribution in [0.3, 0.4) is 0 Å². The average Bonchev–Trinajstić information content (AvgIpc) is 2.13. The maximum Gasteiger partial charge on any atom is 0.213 e. The lowest BCUT2D eigenvalue weighted by atomic mass is 9.88. The van der Waals surface area contributed by atoms with Gasteiger partial charge in [0, 0.05) is 17.8 Å². The molecule has 1 aromatic rings. The summed E-state index contributed by atoms with van der Waals surface area (Å²) < 4.78 is 5.50. The highest BCUT2D eigenvalue weighted by Crippen LogP contribution is 2.22. The molecule has 0 unspecified atom stereocenters. The Balaban J connectivity index is 2.66. The molecule has 3 nitrogen and oxygen atoms in total. The summed E-state index contributed by atoms with van der Waals surface area (Å²) in [4.78, 5) is 4.27. The number of hydrogen-bond donors (Lipinski definition) is 1. The largest absolute Gasteiger partial charge is 0.476 e. The van der Waals surface area contributed by atoms with E-state index in [0.29, 0.717) is 12.5 Å². The molecule has 0 aliphatic carbocycles. The Morgan fingerprint density at radius 3 is 2.19 bits per heavy atom. The normalized spacial score (nSPS) is 12.6. The van der Waals surface area contributed by atoms with Crippen molar-refractivity contribution in [3.63, 3.8) is 0 Å². The zero-order valence-corrected chi connectivity index (χ0v) is 10.9. The molecule has 3 heteroatoms. The Morgan fingerprint density at radius 1 is 1.19 bits per heavy atom. The lowest BCUT2D eigenvalue weighted by molar-refractivity contribution is 0.235. The van der Waals surface area contributed by atoms with Gasteiger partial charge in [-0.05, 0) is 24.8 Å². The van der Waals surface area contributed by atoms with E-state index < -0.39 is 0 Å². The highest BCUT2D eigenvalue weighted by atomic mass is 16.5. The molecular weight excluding hydrogens is 200 g/mol. The lowest BCUT2D eigenvalue weighted by Crippen LogP contribution is -2.38. The Hall–Kier alpha value is -1.09. The van der Waals surface area contributed by atoms with Gasteiger partial charge in [-0.2, -0.15) is 0 Å². The summed E-state index contributed by atoms with van der Waals surface area (Å²) in [7, 11) is 0. The van der Waals surface area contributed by atoms with Crippen LogP contribution in [0.15, 0.2) is 18.3 Å². The number of nitrogens with two attached hydrogens (primary N) is 1. The van der Waals surface area contributed by atoms with E-state index in [-0.39, 0.29) is 11.0 Å². The third-order valence-electron chi connectivity index (χ3n) is 2.19. The van der Waals surface area contributed by atoms with Crippen LogP contribution >= 0.6 is 0 Å².